The molecule has 0 unspecified atom stereocenters. The molecule has 15 rings (SSSR count). The Labute approximate surface area is 418 Å². The van der Waals surface area contributed by atoms with E-state index in [9.17, 15) is 0 Å². The summed E-state index contributed by atoms with van der Waals surface area (Å²) in [5.41, 5.74) is 17.6. The monoisotopic (exact) mass is 938 g/mol. The van der Waals surface area contributed by atoms with Crippen molar-refractivity contribution in [2.45, 2.75) is 10.8 Å². The van der Waals surface area contributed by atoms with Gasteiger partial charge in [0.25, 0.3) is 0 Å². The van der Waals surface area contributed by atoms with E-state index in [-0.39, 0.29) is 0 Å². The van der Waals surface area contributed by atoms with Crippen LogP contribution in [0.3, 0.4) is 0 Å². The highest BCUT2D eigenvalue weighted by atomic mass is 31.2. The molecule has 0 atom stereocenters. The van der Waals surface area contributed by atoms with Crippen LogP contribution in [0, 0.1) is 0 Å². The maximum absolute atomic E-state index is 16.1. The van der Waals surface area contributed by atoms with Crippen molar-refractivity contribution in [1.29, 1.82) is 0 Å². The smallest absolute Gasteiger partial charge is 0.171 e. The highest BCUT2D eigenvalue weighted by Gasteiger charge is 2.52. The molecule has 0 amide bonds. The van der Waals surface area contributed by atoms with Crippen molar-refractivity contribution < 1.29 is 14.0 Å². The van der Waals surface area contributed by atoms with Gasteiger partial charge < -0.3 is 14.0 Å². The fraction of sp³-hybridized carbons (Fsp3) is 0.0294. The van der Waals surface area contributed by atoms with Gasteiger partial charge in [-0.25, -0.2) is 0 Å². The minimum atomic E-state index is -3.33. The van der Waals surface area contributed by atoms with Crippen LogP contribution in [0.25, 0.3) is 44.5 Å². The molecule has 0 radical (unpaired) electrons. The van der Waals surface area contributed by atoms with E-state index in [1.54, 1.807) is 0 Å². The molecule has 0 N–H and O–H groups in total. The lowest BCUT2D eigenvalue weighted by Crippen LogP contribution is -2.32. The quantitative estimate of drug-likeness (QED) is 0.161. The molecule has 2 spiro atoms. The molecule has 0 saturated heterocycles. The first-order chi connectivity index (χ1) is 35.6. The summed E-state index contributed by atoms with van der Waals surface area (Å²) in [6.45, 7) is 0. The van der Waals surface area contributed by atoms with Gasteiger partial charge in [-0.1, -0.05) is 224 Å². The molecular weight excluding hydrogens is 896 g/mol. The van der Waals surface area contributed by atoms with Gasteiger partial charge >= 0.3 is 0 Å². The normalized spacial score (nSPS) is 14.3. The highest BCUT2D eigenvalue weighted by Crippen LogP contribution is 2.64. The summed E-state index contributed by atoms with van der Waals surface area (Å²) in [6, 6.07) is 92.2. The molecule has 0 bridgehead atoms. The standard InChI is InChI=1S/C68H43O3P/c69-72(48-16-2-1-3-17-48,49-36-30-44(31-37-49)46-34-40-53-51-18-4-6-20-55(51)67(61(53)42-46)57-22-8-12-26-63(57)70-64-27-13-9-23-58(64)67)50-38-32-45(33-39-50)47-35-41-54-52-19-5-7-21-56(52)68(62(54)43-47)59-24-10-14-28-65(59)71-66-29-15-11-25-60(66)68/h1-43H. The van der Waals surface area contributed by atoms with E-state index in [1.165, 1.54) is 44.5 Å². The summed E-state index contributed by atoms with van der Waals surface area (Å²) >= 11 is 0. The van der Waals surface area contributed by atoms with Crippen LogP contribution in [0.4, 0.5) is 0 Å². The zero-order valence-corrected chi connectivity index (χ0v) is 39.9. The third-order valence-corrected chi connectivity index (χ3v) is 19.0. The molecule has 2 aliphatic carbocycles. The third-order valence-electron chi connectivity index (χ3n) is 15.9. The lowest BCUT2D eigenvalue weighted by Gasteiger charge is -2.39. The van der Waals surface area contributed by atoms with Crippen molar-refractivity contribution in [2.75, 3.05) is 0 Å². The summed E-state index contributed by atoms with van der Waals surface area (Å²) in [7, 11) is -3.33. The van der Waals surface area contributed by atoms with E-state index < -0.39 is 18.0 Å². The Morgan fingerprint density at radius 2 is 0.542 bits per heavy atom. The summed E-state index contributed by atoms with van der Waals surface area (Å²) in [4.78, 5) is 0. The summed E-state index contributed by atoms with van der Waals surface area (Å²) in [5.74, 6) is 3.49. The van der Waals surface area contributed by atoms with Gasteiger partial charge in [0.1, 0.15) is 23.0 Å². The SMILES string of the molecule is O=P(c1ccccc1)(c1ccc(-c2ccc3c(c2)C2(c4ccccc4Oc4ccccc42)c2ccccc2-3)cc1)c1ccc(-c2ccc3c(c2)C2(c4ccccc4Oc4ccccc42)c2ccccc2-3)cc1. The zero-order chi connectivity index (χ0) is 47.6. The Kier molecular flexibility index (Phi) is 8.77. The maximum atomic E-state index is 16.1. The predicted octanol–water partition coefficient (Wildman–Crippen LogP) is 15.6. The van der Waals surface area contributed by atoms with Gasteiger partial charge in [0.05, 0.1) is 10.8 Å². The second-order valence-electron chi connectivity index (χ2n) is 19.3. The molecule has 338 valence electrons. The molecule has 11 aromatic rings. The molecule has 0 saturated carbocycles. The van der Waals surface area contributed by atoms with Crippen LogP contribution in [0.1, 0.15) is 44.5 Å². The Morgan fingerprint density at radius 1 is 0.250 bits per heavy atom. The summed E-state index contributed by atoms with van der Waals surface area (Å²) in [5, 5.41) is 2.38. The molecule has 4 aliphatic rings. The van der Waals surface area contributed by atoms with E-state index in [1.807, 2.05) is 30.3 Å². The number of para-hydroxylation sites is 4. The zero-order valence-electron chi connectivity index (χ0n) is 39.0. The average molecular weight is 939 g/mol. The van der Waals surface area contributed by atoms with Crippen molar-refractivity contribution in [2.24, 2.45) is 0 Å². The van der Waals surface area contributed by atoms with E-state index in [4.69, 9.17) is 9.47 Å². The summed E-state index contributed by atoms with van der Waals surface area (Å²) in [6.07, 6.45) is 0. The van der Waals surface area contributed by atoms with Crippen molar-refractivity contribution >= 4 is 23.1 Å². The fourth-order valence-corrected chi connectivity index (χ4v) is 15.5. The molecule has 3 nitrogen and oxygen atoms in total. The van der Waals surface area contributed by atoms with Gasteiger partial charge in [-0.05, 0) is 103 Å². The van der Waals surface area contributed by atoms with E-state index in [0.717, 1.165) is 83.4 Å². The number of fused-ring (bicyclic) bond motifs is 18. The number of hydrogen-bond donors (Lipinski definition) is 0. The predicted molar refractivity (Wildman–Crippen MR) is 291 cm³/mol. The molecular formula is C68H43O3P. The van der Waals surface area contributed by atoms with Crippen LogP contribution < -0.4 is 25.4 Å². The Morgan fingerprint density at radius 3 is 0.931 bits per heavy atom. The third kappa shape index (κ3) is 5.49. The highest BCUT2D eigenvalue weighted by molar-refractivity contribution is 7.85. The topological polar surface area (TPSA) is 35.5 Å². The van der Waals surface area contributed by atoms with Gasteiger partial charge in [0.2, 0.25) is 0 Å². The molecule has 11 aromatic carbocycles. The van der Waals surface area contributed by atoms with Gasteiger partial charge in [0, 0.05) is 38.2 Å². The van der Waals surface area contributed by atoms with E-state index >= 15 is 4.57 Å². The molecule has 2 heterocycles. The lowest BCUT2D eigenvalue weighted by atomic mass is 9.66. The van der Waals surface area contributed by atoms with Crippen molar-refractivity contribution in [1.82, 2.24) is 0 Å². The Bertz CT molecular complexity index is 3740. The van der Waals surface area contributed by atoms with E-state index in [2.05, 4.69) is 231 Å². The lowest BCUT2D eigenvalue weighted by molar-refractivity contribution is 0.436. The van der Waals surface area contributed by atoms with Crippen LogP contribution in [-0.4, -0.2) is 0 Å². The first kappa shape index (κ1) is 41.1. The molecule has 72 heavy (non-hydrogen) atoms. The first-order valence-corrected chi connectivity index (χ1v) is 26.4. The van der Waals surface area contributed by atoms with Crippen LogP contribution in [0.15, 0.2) is 261 Å². The molecule has 0 aromatic heterocycles. The first-order valence-electron chi connectivity index (χ1n) is 24.7. The summed E-state index contributed by atoms with van der Waals surface area (Å²) < 4.78 is 29.3. The van der Waals surface area contributed by atoms with Crippen LogP contribution in [0.5, 0.6) is 23.0 Å². The number of hydrogen-bond acceptors (Lipinski definition) is 3. The second-order valence-corrected chi connectivity index (χ2v) is 22.1. The number of ether oxygens (including phenoxy) is 2. The largest absolute Gasteiger partial charge is 0.457 e. The van der Waals surface area contributed by atoms with Gasteiger partial charge in [-0.3, -0.25) is 0 Å². The molecule has 4 heteroatoms. The Hall–Kier alpha value is -8.75. The average Bonchev–Trinajstić information content (AvgIpc) is 3.90. The minimum Gasteiger partial charge on any atom is -0.457 e. The minimum absolute atomic E-state index is 0.559. The van der Waals surface area contributed by atoms with Gasteiger partial charge in [-0.2, -0.15) is 0 Å². The van der Waals surface area contributed by atoms with Crippen molar-refractivity contribution in [3.05, 3.63) is 305 Å². The van der Waals surface area contributed by atoms with E-state index in [0.29, 0.717) is 0 Å². The van der Waals surface area contributed by atoms with Crippen molar-refractivity contribution in [3.8, 4) is 67.5 Å². The van der Waals surface area contributed by atoms with Crippen LogP contribution in [0.2, 0.25) is 0 Å². The number of benzene rings is 11. The molecule has 2 aliphatic heterocycles. The molecule has 0 fully saturated rings. The number of rotatable bonds is 5. The fourth-order valence-electron chi connectivity index (χ4n) is 12.9. The second kappa shape index (κ2) is 15.4. The van der Waals surface area contributed by atoms with Crippen molar-refractivity contribution in [3.63, 3.8) is 0 Å². The van der Waals surface area contributed by atoms with Crippen LogP contribution in [-0.2, 0) is 15.4 Å². The van der Waals surface area contributed by atoms with Gasteiger partial charge in [-0.15, -0.1) is 0 Å². The van der Waals surface area contributed by atoms with Gasteiger partial charge in [0.15, 0.2) is 7.14 Å². The van der Waals surface area contributed by atoms with Crippen LogP contribution >= 0.6 is 7.14 Å². The maximum Gasteiger partial charge on any atom is 0.171 e. The Balaban J connectivity index is 0.825.